The molecule has 0 unspecified atom stereocenters. The standard InChI is InChI=1S/C13H12ClN3O2S/c1-2-19-12(18)8-20-13-15-7-6-10(17-13)9-4-3-5-11(14)16-9/h3-7H,2,8H2,1H3. The first-order valence-corrected chi connectivity index (χ1v) is 7.30. The van der Waals surface area contributed by atoms with Crippen molar-refractivity contribution in [1.29, 1.82) is 0 Å². The van der Waals surface area contributed by atoms with Crippen molar-refractivity contribution in [3.05, 3.63) is 35.6 Å². The van der Waals surface area contributed by atoms with E-state index in [1.807, 2.05) is 6.07 Å². The second-order valence-corrected chi connectivity index (χ2v) is 4.99. The van der Waals surface area contributed by atoms with E-state index in [1.165, 1.54) is 11.8 Å². The van der Waals surface area contributed by atoms with Crippen LogP contribution in [0.1, 0.15) is 6.92 Å². The van der Waals surface area contributed by atoms with Gasteiger partial charge in [-0.25, -0.2) is 15.0 Å². The minimum atomic E-state index is -0.285. The van der Waals surface area contributed by atoms with Crippen LogP contribution in [0.4, 0.5) is 0 Å². The van der Waals surface area contributed by atoms with Gasteiger partial charge in [-0.15, -0.1) is 0 Å². The quantitative estimate of drug-likeness (QED) is 0.366. The Morgan fingerprint density at radius 2 is 2.10 bits per heavy atom. The molecular weight excluding hydrogens is 298 g/mol. The average Bonchev–Trinajstić information content (AvgIpc) is 2.46. The van der Waals surface area contributed by atoms with Gasteiger partial charge >= 0.3 is 5.97 Å². The summed E-state index contributed by atoms with van der Waals surface area (Å²) < 4.78 is 4.85. The first-order chi connectivity index (χ1) is 9.69. The minimum absolute atomic E-state index is 0.181. The van der Waals surface area contributed by atoms with Crippen LogP contribution in [0.15, 0.2) is 35.6 Å². The Labute approximate surface area is 125 Å². The van der Waals surface area contributed by atoms with E-state index in [2.05, 4.69) is 15.0 Å². The van der Waals surface area contributed by atoms with Gasteiger partial charge < -0.3 is 4.74 Å². The summed E-state index contributed by atoms with van der Waals surface area (Å²) in [7, 11) is 0. The van der Waals surface area contributed by atoms with Crippen LogP contribution in [0.3, 0.4) is 0 Å². The molecule has 0 amide bonds. The van der Waals surface area contributed by atoms with E-state index in [0.717, 1.165) is 0 Å². The molecule has 0 saturated carbocycles. The Bertz CT molecular complexity index is 610. The van der Waals surface area contributed by atoms with E-state index in [0.29, 0.717) is 28.3 Å². The Kier molecular flexibility index (Phi) is 5.31. The summed E-state index contributed by atoms with van der Waals surface area (Å²) in [6, 6.07) is 7.06. The third-order valence-corrected chi connectivity index (χ3v) is 3.28. The summed E-state index contributed by atoms with van der Waals surface area (Å²) in [4.78, 5) is 23.9. The number of aromatic nitrogens is 3. The molecule has 0 fully saturated rings. The average molecular weight is 310 g/mol. The number of thioether (sulfide) groups is 1. The van der Waals surface area contributed by atoms with Gasteiger partial charge in [-0.1, -0.05) is 29.4 Å². The fourth-order valence-electron chi connectivity index (χ4n) is 1.43. The van der Waals surface area contributed by atoms with Crippen LogP contribution in [0, 0.1) is 0 Å². The highest BCUT2D eigenvalue weighted by atomic mass is 35.5. The maximum Gasteiger partial charge on any atom is 0.316 e. The van der Waals surface area contributed by atoms with Gasteiger partial charge in [0.1, 0.15) is 5.15 Å². The predicted octanol–water partition coefficient (Wildman–Crippen LogP) is 2.85. The van der Waals surface area contributed by atoms with Crippen molar-refractivity contribution in [2.24, 2.45) is 0 Å². The monoisotopic (exact) mass is 309 g/mol. The fourth-order valence-corrected chi connectivity index (χ4v) is 2.22. The van der Waals surface area contributed by atoms with Gasteiger partial charge in [-0.05, 0) is 25.1 Å². The molecule has 0 aliphatic rings. The van der Waals surface area contributed by atoms with E-state index in [-0.39, 0.29) is 11.7 Å². The summed E-state index contributed by atoms with van der Waals surface area (Å²) in [5, 5.41) is 0.902. The molecule has 20 heavy (non-hydrogen) atoms. The lowest BCUT2D eigenvalue weighted by Crippen LogP contribution is -2.07. The number of esters is 1. The van der Waals surface area contributed by atoms with Crippen LogP contribution in [-0.2, 0) is 9.53 Å². The van der Waals surface area contributed by atoms with Crippen molar-refractivity contribution in [2.75, 3.05) is 12.4 Å². The number of rotatable bonds is 5. The molecule has 0 atom stereocenters. The number of hydrogen-bond donors (Lipinski definition) is 0. The number of pyridine rings is 1. The molecule has 104 valence electrons. The van der Waals surface area contributed by atoms with Gasteiger partial charge in [0.15, 0.2) is 5.16 Å². The fraction of sp³-hybridized carbons (Fsp3) is 0.231. The largest absolute Gasteiger partial charge is 0.465 e. The van der Waals surface area contributed by atoms with Crippen molar-refractivity contribution >= 4 is 29.3 Å². The van der Waals surface area contributed by atoms with Crippen molar-refractivity contribution in [3.8, 4) is 11.4 Å². The highest BCUT2D eigenvalue weighted by Crippen LogP contribution is 2.20. The molecule has 0 saturated heterocycles. The Balaban J connectivity index is 2.10. The summed E-state index contributed by atoms with van der Waals surface area (Å²) in [5.74, 6) is -0.104. The lowest BCUT2D eigenvalue weighted by molar-refractivity contribution is -0.139. The van der Waals surface area contributed by atoms with Crippen molar-refractivity contribution in [1.82, 2.24) is 15.0 Å². The summed E-state index contributed by atoms with van der Waals surface area (Å²) in [5.41, 5.74) is 1.33. The second-order valence-electron chi connectivity index (χ2n) is 3.66. The van der Waals surface area contributed by atoms with Crippen LogP contribution >= 0.6 is 23.4 Å². The van der Waals surface area contributed by atoms with Crippen molar-refractivity contribution < 1.29 is 9.53 Å². The highest BCUT2D eigenvalue weighted by molar-refractivity contribution is 7.99. The molecule has 0 aliphatic heterocycles. The maximum atomic E-state index is 11.3. The number of halogens is 1. The molecule has 2 rings (SSSR count). The van der Waals surface area contributed by atoms with Crippen LogP contribution < -0.4 is 0 Å². The number of carbonyl (C=O) groups excluding carboxylic acids is 1. The molecule has 0 N–H and O–H groups in total. The Hall–Kier alpha value is -1.66. The zero-order chi connectivity index (χ0) is 14.4. The molecular formula is C13H12ClN3O2S. The van der Waals surface area contributed by atoms with Gasteiger partial charge in [-0.3, -0.25) is 4.79 Å². The van der Waals surface area contributed by atoms with Gasteiger partial charge in [-0.2, -0.15) is 0 Å². The first kappa shape index (κ1) is 14.7. The van der Waals surface area contributed by atoms with Gasteiger partial charge in [0, 0.05) is 6.20 Å². The van der Waals surface area contributed by atoms with Crippen LogP contribution in [-0.4, -0.2) is 33.3 Å². The smallest absolute Gasteiger partial charge is 0.316 e. The third kappa shape index (κ3) is 4.18. The summed E-state index contributed by atoms with van der Waals surface area (Å²) in [6.07, 6.45) is 1.62. The number of carbonyl (C=O) groups is 1. The summed E-state index contributed by atoms with van der Waals surface area (Å²) in [6.45, 7) is 2.14. The van der Waals surface area contributed by atoms with Crippen molar-refractivity contribution in [3.63, 3.8) is 0 Å². The van der Waals surface area contributed by atoms with E-state index < -0.39 is 0 Å². The van der Waals surface area contributed by atoms with Crippen LogP contribution in [0.25, 0.3) is 11.4 Å². The molecule has 0 spiro atoms. The first-order valence-electron chi connectivity index (χ1n) is 5.93. The minimum Gasteiger partial charge on any atom is -0.465 e. The lowest BCUT2D eigenvalue weighted by Gasteiger charge is -2.03. The van der Waals surface area contributed by atoms with Crippen LogP contribution in [0.2, 0.25) is 5.15 Å². The second kappa shape index (κ2) is 7.21. The van der Waals surface area contributed by atoms with Crippen molar-refractivity contribution in [2.45, 2.75) is 12.1 Å². The molecule has 0 radical (unpaired) electrons. The molecule has 0 aromatic carbocycles. The van der Waals surface area contributed by atoms with E-state index in [4.69, 9.17) is 16.3 Å². The molecule has 2 aromatic rings. The highest BCUT2D eigenvalue weighted by Gasteiger charge is 2.08. The Morgan fingerprint density at radius 1 is 1.30 bits per heavy atom. The molecule has 5 nitrogen and oxygen atoms in total. The topological polar surface area (TPSA) is 65.0 Å². The normalized spacial score (nSPS) is 10.3. The number of hydrogen-bond acceptors (Lipinski definition) is 6. The predicted molar refractivity (Wildman–Crippen MR) is 77.6 cm³/mol. The van der Waals surface area contributed by atoms with E-state index in [9.17, 15) is 4.79 Å². The van der Waals surface area contributed by atoms with E-state index >= 15 is 0 Å². The van der Waals surface area contributed by atoms with Gasteiger partial charge in [0.25, 0.3) is 0 Å². The van der Waals surface area contributed by atoms with Gasteiger partial charge in [0.05, 0.1) is 23.7 Å². The van der Waals surface area contributed by atoms with Crippen LogP contribution in [0.5, 0.6) is 0 Å². The third-order valence-electron chi connectivity index (χ3n) is 2.24. The van der Waals surface area contributed by atoms with E-state index in [1.54, 1.807) is 31.3 Å². The SMILES string of the molecule is CCOC(=O)CSc1nccc(-c2cccc(Cl)n2)n1. The number of nitrogens with zero attached hydrogens (tertiary/aromatic N) is 3. The molecule has 0 aliphatic carbocycles. The number of ether oxygens (including phenoxy) is 1. The molecule has 2 aromatic heterocycles. The zero-order valence-corrected chi connectivity index (χ0v) is 12.3. The maximum absolute atomic E-state index is 11.3. The van der Waals surface area contributed by atoms with Gasteiger partial charge in [0.2, 0.25) is 0 Å². The lowest BCUT2D eigenvalue weighted by atomic mass is 10.3. The zero-order valence-electron chi connectivity index (χ0n) is 10.7. The molecule has 2 heterocycles. The molecule has 0 bridgehead atoms. The summed E-state index contributed by atoms with van der Waals surface area (Å²) >= 11 is 7.08. The molecule has 7 heteroatoms. The Morgan fingerprint density at radius 3 is 2.85 bits per heavy atom.